The number of nitrogens with one attached hydrogen (secondary N) is 1. The second-order valence-electron chi connectivity index (χ2n) is 3.26. The van der Waals surface area contributed by atoms with Crippen molar-refractivity contribution < 1.29 is 8.42 Å². The topological polar surface area (TPSA) is 75.4 Å². The molecule has 16 heavy (non-hydrogen) atoms. The Balaban J connectivity index is 3.03. The predicted molar refractivity (Wildman–Crippen MR) is 66.5 cm³/mol. The molecule has 0 aromatic heterocycles. The standard InChI is InChI=1S/C10H17N3O2S/c1-3-12-16(14,15)13(4-2)10-7-5-9(11)6-8-10/h5-8,12H,3-4,11H2,1-2H3. The Morgan fingerprint density at radius 1 is 1.25 bits per heavy atom. The van der Waals surface area contributed by atoms with E-state index in [0.29, 0.717) is 24.5 Å². The molecule has 0 atom stereocenters. The van der Waals surface area contributed by atoms with E-state index in [-0.39, 0.29) is 0 Å². The largest absolute Gasteiger partial charge is 0.399 e. The van der Waals surface area contributed by atoms with Gasteiger partial charge < -0.3 is 5.73 Å². The van der Waals surface area contributed by atoms with Crippen LogP contribution in [-0.2, 0) is 10.2 Å². The van der Waals surface area contributed by atoms with Gasteiger partial charge in [0.05, 0.1) is 5.69 Å². The first-order chi connectivity index (χ1) is 7.51. The van der Waals surface area contributed by atoms with Crippen molar-refractivity contribution in [3.05, 3.63) is 24.3 Å². The molecule has 0 heterocycles. The van der Waals surface area contributed by atoms with Crippen molar-refractivity contribution in [1.29, 1.82) is 0 Å². The van der Waals surface area contributed by atoms with Crippen LogP contribution < -0.4 is 14.8 Å². The van der Waals surface area contributed by atoms with Crippen LogP contribution in [0, 0.1) is 0 Å². The fourth-order valence-corrected chi connectivity index (χ4v) is 2.65. The third-order valence-corrected chi connectivity index (χ3v) is 3.79. The average Bonchev–Trinajstić information content (AvgIpc) is 2.21. The lowest BCUT2D eigenvalue weighted by Crippen LogP contribution is -2.40. The summed E-state index contributed by atoms with van der Waals surface area (Å²) < 4.78 is 27.4. The highest BCUT2D eigenvalue weighted by atomic mass is 32.2. The van der Waals surface area contributed by atoms with Crippen LogP contribution in [0.15, 0.2) is 24.3 Å². The zero-order valence-corrected chi connectivity index (χ0v) is 10.3. The molecule has 1 rings (SSSR count). The number of nitrogen functional groups attached to an aromatic ring is 1. The minimum atomic E-state index is -3.45. The second kappa shape index (κ2) is 5.18. The second-order valence-corrected chi connectivity index (χ2v) is 4.94. The maximum Gasteiger partial charge on any atom is 0.301 e. The van der Waals surface area contributed by atoms with Crippen molar-refractivity contribution in [3.8, 4) is 0 Å². The number of nitrogens with zero attached hydrogens (tertiary/aromatic N) is 1. The quantitative estimate of drug-likeness (QED) is 0.756. The van der Waals surface area contributed by atoms with Crippen molar-refractivity contribution in [2.45, 2.75) is 13.8 Å². The lowest BCUT2D eigenvalue weighted by molar-refractivity contribution is 0.579. The Morgan fingerprint density at radius 3 is 2.25 bits per heavy atom. The van der Waals surface area contributed by atoms with Gasteiger partial charge >= 0.3 is 10.2 Å². The highest BCUT2D eigenvalue weighted by molar-refractivity contribution is 7.90. The van der Waals surface area contributed by atoms with Crippen LogP contribution >= 0.6 is 0 Å². The van der Waals surface area contributed by atoms with E-state index in [9.17, 15) is 8.42 Å². The van der Waals surface area contributed by atoms with Crippen LogP contribution in [0.5, 0.6) is 0 Å². The monoisotopic (exact) mass is 243 g/mol. The summed E-state index contributed by atoms with van der Waals surface area (Å²) in [5, 5.41) is 0. The third-order valence-electron chi connectivity index (χ3n) is 2.09. The van der Waals surface area contributed by atoms with Crippen molar-refractivity contribution in [1.82, 2.24) is 4.72 Å². The average molecular weight is 243 g/mol. The summed E-state index contributed by atoms with van der Waals surface area (Å²) in [4.78, 5) is 0. The van der Waals surface area contributed by atoms with Gasteiger partial charge in [-0.25, -0.2) is 0 Å². The van der Waals surface area contributed by atoms with Gasteiger partial charge in [-0.1, -0.05) is 6.92 Å². The molecule has 0 fully saturated rings. The van der Waals surface area contributed by atoms with Gasteiger partial charge in [0.2, 0.25) is 0 Å². The van der Waals surface area contributed by atoms with Gasteiger partial charge in [-0.15, -0.1) is 0 Å². The van der Waals surface area contributed by atoms with E-state index in [1.165, 1.54) is 4.31 Å². The van der Waals surface area contributed by atoms with Crippen molar-refractivity contribution in [3.63, 3.8) is 0 Å². The molecule has 0 bridgehead atoms. The number of benzene rings is 1. The van der Waals surface area contributed by atoms with E-state index in [0.717, 1.165) is 0 Å². The van der Waals surface area contributed by atoms with Crippen LogP contribution in [0.3, 0.4) is 0 Å². The number of nitrogens with two attached hydrogens (primary N) is 1. The number of hydrogen-bond donors (Lipinski definition) is 2. The minimum Gasteiger partial charge on any atom is -0.399 e. The van der Waals surface area contributed by atoms with E-state index in [1.54, 1.807) is 38.1 Å². The van der Waals surface area contributed by atoms with Gasteiger partial charge in [0.15, 0.2) is 0 Å². The molecule has 0 saturated carbocycles. The molecule has 0 spiro atoms. The molecular weight excluding hydrogens is 226 g/mol. The molecule has 0 aliphatic rings. The van der Waals surface area contributed by atoms with Crippen molar-refractivity contribution in [2.75, 3.05) is 23.1 Å². The van der Waals surface area contributed by atoms with E-state index in [1.807, 2.05) is 0 Å². The Bertz CT molecular complexity index is 428. The van der Waals surface area contributed by atoms with Gasteiger partial charge in [0.25, 0.3) is 0 Å². The molecule has 0 aliphatic carbocycles. The number of rotatable bonds is 5. The minimum absolute atomic E-state index is 0.369. The molecule has 0 radical (unpaired) electrons. The molecular formula is C10H17N3O2S. The summed E-state index contributed by atoms with van der Waals surface area (Å²) in [6, 6.07) is 6.74. The maximum absolute atomic E-state index is 11.8. The van der Waals surface area contributed by atoms with Gasteiger partial charge in [-0.2, -0.15) is 13.1 Å². The zero-order valence-electron chi connectivity index (χ0n) is 9.47. The maximum atomic E-state index is 11.8. The first kappa shape index (κ1) is 12.8. The SMILES string of the molecule is CCNS(=O)(=O)N(CC)c1ccc(N)cc1. The number of anilines is 2. The molecule has 0 aliphatic heterocycles. The molecule has 90 valence electrons. The Morgan fingerprint density at radius 2 is 1.81 bits per heavy atom. The summed E-state index contributed by atoms with van der Waals surface area (Å²) in [5.41, 5.74) is 6.77. The van der Waals surface area contributed by atoms with Gasteiger partial charge in [-0.3, -0.25) is 4.31 Å². The Hall–Kier alpha value is -1.27. The van der Waals surface area contributed by atoms with Crippen LogP contribution in [0.1, 0.15) is 13.8 Å². The van der Waals surface area contributed by atoms with Crippen LogP contribution in [-0.4, -0.2) is 21.5 Å². The Kier molecular flexibility index (Phi) is 4.14. The zero-order chi connectivity index (χ0) is 12.2. The first-order valence-electron chi connectivity index (χ1n) is 5.14. The van der Waals surface area contributed by atoms with Crippen molar-refractivity contribution in [2.24, 2.45) is 0 Å². The van der Waals surface area contributed by atoms with Gasteiger partial charge in [-0.05, 0) is 31.2 Å². The van der Waals surface area contributed by atoms with Crippen molar-refractivity contribution >= 4 is 21.6 Å². The molecule has 6 heteroatoms. The smallest absolute Gasteiger partial charge is 0.301 e. The van der Waals surface area contributed by atoms with Crippen LogP contribution in [0.4, 0.5) is 11.4 Å². The van der Waals surface area contributed by atoms with E-state index >= 15 is 0 Å². The summed E-state index contributed by atoms with van der Waals surface area (Å²) in [6.07, 6.45) is 0. The van der Waals surface area contributed by atoms with Gasteiger partial charge in [0, 0.05) is 18.8 Å². The fraction of sp³-hybridized carbons (Fsp3) is 0.400. The van der Waals surface area contributed by atoms with Crippen LogP contribution in [0.2, 0.25) is 0 Å². The van der Waals surface area contributed by atoms with Crippen LogP contribution in [0.25, 0.3) is 0 Å². The molecule has 1 aromatic rings. The first-order valence-corrected chi connectivity index (χ1v) is 6.58. The molecule has 1 aromatic carbocycles. The normalized spacial score (nSPS) is 11.4. The molecule has 0 amide bonds. The van der Waals surface area contributed by atoms with E-state index in [4.69, 9.17) is 5.73 Å². The summed E-state index contributed by atoms with van der Waals surface area (Å²) in [7, 11) is -3.45. The summed E-state index contributed by atoms with van der Waals surface area (Å²) in [6.45, 7) is 4.27. The predicted octanol–water partition coefficient (Wildman–Crippen LogP) is 0.949. The molecule has 5 nitrogen and oxygen atoms in total. The lowest BCUT2D eigenvalue weighted by atomic mass is 10.3. The van der Waals surface area contributed by atoms with E-state index < -0.39 is 10.2 Å². The number of hydrogen-bond acceptors (Lipinski definition) is 3. The van der Waals surface area contributed by atoms with Gasteiger partial charge in [0.1, 0.15) is 0 Å². The fourth-order valence-electron chi connectivity index (χ4n) is 1.39. The Labute approximate surface area is 96.4 Å². The molecule has 0 unspecified atom stereocenters. The summed E-state index contributed by atoms with van der Waals surface area (Å²) >= 11 is 0. The highest BCUT2D eigenvalue weighted by Crippen LogP contribution is 2.18. The molecule has 3 N–H and O–H groups in total. The third kappa shape index (κ3) is 2.86. The highest BCUT2D eigenvalue weighted by Gasteiger charge is 2.19. The van der Waals surface area contributed by atoms with E-state index in [2.05, 4.69) is 4.72 Å². The lowest BCUT2D eigenvalue weighted by Gasteiger charge is -2.22. The molecule has 0 saturated heterocycles. The summed E-state index contributed by atoms with van der Waals surface area (Å²) in [5.74, 6) is 0.